The number of nitrogens with one attached hydrogen (secondary N) is 1. The first-order chi connectivity index (χ1) is 9.96. The molecule has 0 aromatic carbocycles. The smallest absolute Gasteiger partial charge is 0.319 e. The minimum Gasteiger partial charge on any atom is -0.480 e. The van der Waals surface area contributed by atoms with Crippen LogP contribution in [-0.4, -0.2) is 48.4 Å². The van der Waals surface area contributed by atoms with E-state index in [9.17, 15) is 14.7 Å². The molecular weight excluding hydrogens is 274 g/mol. The molecule has 6 nitrogen and oxygen atoms in total. The number of carbonyl (C=O) groups is 2. The Kier molecular flexibility index (Phi) is 3.69. The van der Waals surface area contributed by atoms with Crippen molar-refractivity contribution in [1.82, 2.24) is 5.32 Å². The van der Waals surface area contributed by atoms with Crippen molar-refractivity contribution in [3.63, 3.8) is 0 Å². The van der Waals surface area contributed by atoms with Crippen LogP contribution < -0.4 is 5.32 Å². The van der Waals surface area contributed by atoms with Crippen molar-refractivity contribution in [3.05, 3.63) is 0 Å². The first kappa shape index (κ1) is 14.8. The van der Waals surface area contributed by atoms with Gasteiger partial charge >= 0.3 is 5.97 Å². The third-order valence-electron chi connectivity index (χ3n) is 5.21. The fourth-order valence-corrected chi connectivity index (χ4v) is 3.40. The van der Waals surface area contributed by atoms with Crippen LogP contribution in [0, 0.1) is 11.3 Å². The fourth-order valence-electron chi connectivity index (χ4n) is 3.40. The van der Waals surface area contributed by atoms with Crippen molar-refractivity contribution in [1.29, 1.82) is 0 Å². The fraction of sp³-hybridized carbons (Fsp3) is 0.867. The van der Waals surface area contributed by atoms with Gasteiger partial charge in [0.05, 0.1) is 12.2 Å². The zero-order valence-corrected chi connectivity index (χ0v) is 12.4. The quantitative estimate of drug-likeness (QED) is 0.754. The molecule has 3 unspecified atom stereocenters. The number of rotatable bonds is 4. The second-order valence-corrected chi connectivity index (χ2v) is 6.78. The van der Waals surface area contributed by atoms with Crippen molar-refractivity contribution >= 4 is 11.9 Å². The molecule has 2 N–H and O–H groups in total. The highest BCUT2D eigenvalue weighted by molar-refractivity contribution is 6.02. The van der Waals surface area contributed by atoms with Gasteiger partial charge in [0.1, 0.15) is 5.41 Å². The van der Waals surface area contributed by atoms with Crippen LogP contribution in [0.2, 0.25) is 0 Å². The van der Waals surface area contributed by atoms with Crippen molar-refractivity contribution in [2.75, 3.05) is 19.8 Å². The van der Waals surface area contributed by atoms with Gasteiger partial charge in [0.15, 0.2) is 0 Å². The number of hydrogen-bond acceptors (Lipinski definition) is 4. The Morgan fingerprint density at radius 2 is 2.05 bits per heavy atom. The molecule has 3 atom stereocenters. The molecule has 6 heteroatoms. The molecule has 2 saturated heterocycles. The monoisotopic (exact) mass is 297 g/mol. The summed E-state index contributed by atoms with van der Waals surface area (Å²) in [5.74, 6) is -1.61. The molecule has 2 heterocycles. The van der Waals surface area contributed by atoms with Gasteiger partial charge in [-0.15, -0.1) is 0 Å². The van der Waals surface area contributed by atoms with Crippen LogP contribution in [0.25, 0.3) is 0 Å². The maximum Gasteiger partial charge on any atom is 0.319 e. The Morgan fingerprint density at radius 3 is 2.62 bits per heavy atom. The molecule has 21 heavy (non-hydrogen) atoms. The Labute approximate surface area is 124 Å². The topological polar surface area (TPSA) is 84.9 Å². The third kappa shape index (κ3) is 2.66. The minimum absolute atomic E-state index is 0.166. The van der Waals surface area contributed by atoms with Gasteiger partial charge in [-0.2, -0.15) is 0 Å². The van der Waals surface area contributed by atoms with E-state index >= 15 is 0 Å². The molecule has 0 aromatic heterocycles. The maximum absolute atomic E-state index is 12.5. The lowest BCUT2D eigenvalue weighted by molar-refractivity contribution is -0.168. The summed E-state index contributed by atoms with van der Waals surface area (Å²) < 4.78 is 11.3. The Balaban J connectivity index is 1.78. The summed E-state index contributed by atoms with van der Waals surface area (Å²) in [4.78, 5) is 24.3. The average Bonchev–Trinajstić information content (AvgIpc) is 3.17. The van der Waals surface area contributed by atoms with Crippen molar-refractivity contribution < 1.29 is 24.2 Å². The van der Waals surface area contributed by atoms with Crippen LogP contribution >= 0.6 is 0 Å². The molecule has 1 saturated carbocycles. The number of hydrogen-bond donors (Lipinski definition) is 2. The molecule has 1 amide bonds. The average molecular weight is 297 g/mol. The first-order valence-corrected chi connectivity index (χ1v) is 7.72. The molecular formula is C15H23NO5. The summed E-state index contributed by atoms with van der Waals surface area (Å²) in [6.07, 6.45) is 3.86. The molecule has 3 fully saturated rings. The van der Waals surface area contributed by atoms with E-state index in [1.165, 1.54) is 0 Å². The highest BCUT2D eigenvalue weighted by atomic mass is 16.6. The maximum atomic E-state index is 12.5. The predicted molar refractivity (Wildman–Crippen MR) is 73.8 cm³/mol. The number of ether oxygens (including phenoxy) is 2. The number of carbonyl (C=O) groups excluding carboxylic acids is 1. The third-order valence-corrected chi connectivity index (χ3v) is 5.21. The van der Waals surface area contributed by atoms with Crippen LogP contribution in [0.4, 0.5) is 0 Å². The lowest BCUT2D eigenvalue weighted by atomic mass is 9.68. The minimum atomic E-state index is -1.39. The summed E-state index contributed by atoms with van der Waals surface area (Å²) in [5, 5.41) is 12.5. The zero-order valence-electron chi connectivity index (χ0n) is 12.4. The van der Waals surface area contributed by atoms with E-state index < -0.39 is 11.4 Å². The van der Waals surface area contributed by atoms with E-state index in [-0.39, 0.29) is 23.5 Å². The molecule has 1 spiro atoms. The van der Waals surface area contributed by atoms with Gasteiger partial charge in [-0.1, -0.05) is 0 Å². The van der Waals surface area contributed by atoms with Crippen LogP contribution in [0.15, 0.2) is 0 Å². The number of carboxylic acids is 1. The van der Waals surface area contributed by atoms with E-state index in [1.54, 1.807) is 6.92 Å². The largest absolute Gasteiger partial charge is 0.480 e. The van der Waals surface area contributed by atoms with Gasteiger partial charge in [0.2, 0.25) is 5.91 Å². The first-order valence-electron chi connectivity index (χ1n) is 7.72. The van der Waals surface area contributed by atoms with Crippen molar-refractivity contribution in [3.8, 4) is 0 Å². The standard InChI is InChI=1S/C15H23NO5/c1-14(13(18)19,12(17)16-11-2-3-11)10-4-6-21-15(8-10)5-7-20-9-15/h10-11H,2-9H2,1H3,(H,16,17)(H,18,19). The molecule has 3 rings (SSSR count). The molecule has 2 aliphatic heterocycles. The van der Waals surface area contributed by atoms with Crippen LogP contribution in [-0.2, 0) is 19.1 Å². The zero-order chi connectivity index (χ0) is 15.1. The van der Waals surface area contributed by atoms with E-state index in [0.29, 0.717) is 32.7 Å². The van der Waals surface area contributed by atoms with Gasteiger partial charge < -0.3 is 19.9 Å². The second kappa shape index (κ2) is 5.25. The molecule has 0 aromatic rings. The summed E-state index contributed by atoms with van der Waals surface area (Å²) in [7, 11) is 0. The number of carboxylic acid groups (broad SMARTS) is 1. The summed E-state index contributed by atoms with van der Waals surface area (Å²) in [6.45, 7) is 3.20. The van der Waals surface area contributed by atoms with E-state index in [1.807, 2.05) is 0 Å². The molecule has 1 aliphatic carbocycles. The molecule has 0 radical (unpaired) electrons. The summed E-state index contributed by atoms with van der Waals surface area (Å²) in [5.41, 5.74) is -1.78. The Hall–Kier alpha value is -1.14. The van der Waals surface area contributed by atoms with Crippen LogP contribution in [0.3, 0.4) is 0 Å². The van der Waals surface area contributed by atoms with E-state index in [0.717, 1.165) is 19.3 Å². The van der Waals surface area contributed by atoms with Crippen LogP contribution in [0.5, 0.6) is 0 Å². The molecule has 0 bridgehead atoms. The molecule has 3 aliphatic rings. The Morgan fingerprint density at radius 1 is 1.29 bits per heavy atom. The normalized spacial score (nSPS) is 35.4. The summed E-state index contributed by atoms with van der Waals surface area (Å²) in [6, 6.07) is 0.166. The van der Waals surface area contributed by atoms with Gasteiger partial charge in [-0.25, -0.2) is 0 Å². The van der Waals surface area contributed by atoms with E-state index in [4.69, 9.17) is 9.47 Å². The highest BCUT2D eigenvalue weighted by Gasteiger charge is 2.54. The lowest BCUT2D eigenvalue weighted by Gasteiger charge is -2.42. The van der Waals surface area contributed by atoms with Gasteiger partial charge in [0.25, 0.3) is 0 Å². The van der Waals surface area contributed by atoms with Crippen molar-refractivity contribution in [2.45, 2.75) is 50.7 Å². The Bertz CT molecular complexity index is 441. The van der Waals surface area contributed by atoms with Gasteiger partial charge in [-0.3, -0.25) is 9.59 Å². The predicted octanol–water partition coefficient (Wildman–Crippen LogP) is 0.942. The lowest BCUT2D eigenvalue weighted by Crippen LogP contribution is -2.54. The summed E-state index contributed by atoms with van der Waals surface area (Å²) >= 11 is 0. The second-order valence-electron chi connectivity index (χ2n) is 6.78. The molecule has 118 valence electrons. The van der Waals surface area contributed by atoms with Gasteiger partial charge in [0, 0.05) is 25.7 Å². The SMILES string of the molecule is CC(C(=O)O)(C(=O)NC1CC1)C1CCOC2(CCOC2)C1. The van der Waals surface area contributed by atoms with E-state index in [2.05, 4.69) is 5.32 Å². The van der Waals surface area contributed by atoms with Crippen molar-refractivity contribution in [2.24, 2.45) is 11.3 Å². The van der Waals surface area contributed by atoms with Gasteiger partial charge in [-0.05, 0) is 38.5 Å². The number of aliphatic carboxylic acids is 1. The van der Waals surface area contributed by atoms with Crippen LogP contribution in [0.1, 0.15) is 39.0 Å². The number of amides is 1. The highest BCUT2D eigenvalue weighted by Crippen LogP contribution is 2.44.